The normalized spacial score (nSPS) is 25.6. The van der Waals surface area contributed by atoms with Crippen molar-refractivity contribution >= 4 is 28.8 Å². The van der Waals surface area contributed by atoms with E-state index in [0.29, 0.717) is 23.5 Å². The first kappa shape index (κ1) is 28.2. The fourth-order valence-corrected chi connectivity index (χ4v) is 6.63. The van der Waals surface area contributed by atoms with Crippen molar-refractivity contribution in [1.29, 1.82) is 0 Å². The fourth-order valence-electron chi connectivity index (χ4n) is 6.63. The first-order valence-corrected chi connectivity index (χ1v) is 13.3. The highest BCUT2D eigenvalue weighted by Crippen LogP contribution is 2.53. The Balaban J connectivity index is 1.66. The second-order valence-electron chi connectivity index (χ2n) is 11.3. The average molecular weight is 563 g/mol. The molecule has 1 unspecified atom stereocenters. The van der Waals surface area contributed by atoms with Gasteiger partial charge in [-0.2, -0.15) is 0 Å². The van der Waals surface area contributed by atoms with Crippen molar-refractivity contribution in [2.75, 3.05) is 38.4 Å². The minimum atomic E-state index is -2.67. The summed E-state index contributed by atoms with van der Waals surface area (Å²) in [6, 6.07) is 10.2. The summed E-state index contributed by atoms with van der Waals surface area (Å²) in [4.78, 5) is 43.1. The molecule has 0 aromatic heterocycles. The van der Waals surface area contributed by atoms with Gasteiger partial charge in [-0.25, -0.2) is 0 Å². The molecule has 11 heteroatoms. The number of aromatic hydroxyl groups is 1. The molecule has 2 aromatic rings. The molecule has 41 heavy (non-hydrogen) atoms. The van der Waals surface area contributed by atoms with Crippen LogP contribution >= 0.6 is 0 Å². The van der Waals surface area contributed by atoms with Crippen LogP contribution in [0, 0.1) is 11.8 Å². The van der Waals surface area contributed by atoms with Gasteiger partial charge in [0.15, 0.2) is 11.4 Å². The lowest BCUT2D eigenvalue weighted by Gasteiger charge is -2.50. The van der Waals surface area contributed by atoms with Gasteiger partial charge in [-0.05, 0) is 50.0 Å². The predicted molar refractivity (Wildman–Crippen MR) is 152 cm³/mol. The number of ketones is 2. The van der Waals surface area contributed by atoms with Crippen LogP contribution in [0.2, 0.25) is 0 Å². The van der Waals surface area contributed by atoms with Crippen molar-refractivity contribution in [2.24, 2.45) is 17.6 Å². The van der Waals surface area contributed by atoms with E-state index in [4.69, 9.17) is 5.73 Å². The number of hydrogen-bond acceptors (Lipinski definition) is 10. The Bertz CT molecular complexity index is 1530. The fraction of sp³-hybridized carbons (Fsp3) is 0.367. The number of likely N-dealkylation sites (N-methyl/N-ethyl adjacent to an activating group) is 1. The van der Waals surface area contributed by atoms with Crippen LogP contribution in [0.3, 0.4) is 0 Å². The lowest BCUT2D eigenvalue weighted by atomic mass is 9.58. The van der Waals surface area contributed by atoms with Crippen molar-refractivity contribution in [3.05, 3.63) is 75.8 Å². The number of aliphatic hydroxyl groups is 3. The molecule has 0 aliphatic heterocycles. The van der Waals surface area contributed by atoms with Crippen LogP contribution in [0.15, 0.2) is 59.1 Å². The minimum Gasteiger partial charge on any atom is -0.510 e. The molecule has 0 heterocycles. The standard InChI is InChI=1S/C30H34N4O7/c1-33(2)19-12-18(32-13-14-8-6-5-7-9-14)24(35)21-16(19)10-15-11-17-23(34(3)4)26(37)22(29(31)40)28(39)30(17,41)27(38)20(15)25(21)36/h5-9,12,15,17,23,32,35,37-38,41H,10-11,13H2,1-4H3,(H2,31,40)/t15-,17-,23?,30-/m1/s1. The number of carbonyl (C=O) groups is 3. The number of allylic oxidation sites excluding steroid dienone is 1. The number of carbonyl (C=O) groups excluding carboxylic acids is 3. The number of phenols is 1. The summed E-state index contributed by atoms with van der Waals surface area (Å²) in [6.07, 6.45) is 0.252. The van der Waals surface area contributed by atoms with Gasteiger partial charge in [-0.3, -0.25) is 19.3 Å². The zero-order valence-corrected chi connectivity index (χ0v) is 23.3. The summed E-state index contributed by atoms with van der Waals surface area (Å²) in [5.41, 5.74) is 4.18. The number of Topliss-reactive ketones (excluding diaryl/α,β-unsaturated/α-hetero) is 2. The lowest BCUT2D eigenvalue weighted by molar-refractivity contribution is -0.148. The topological polar surface area (TPSA) is 177 Å². The number of hydrogen-bond donors (Lipinski definition) is 6. The second kappa shape index (κ2) is 9.93. The van der Waals surface area contributed by atoms with Crippen molar-refractivity contribution in [1.82, 2.24) is 4.90 Å². The van der Waals surface area contributed by atoms with Crippen LogP contribution < -0.4 is 16.0 Å². The Kier molecular flexibility index (Phi) is 6.83. The van der Waals surface area contributed by atoms with Crippen LogP contribution in [-0.4, -0.2) is 82.6 Å². The monoisotopic (exact) mass is 562 g/mol. The third-order valence-corrected chi connectivity index (χ3v) is 8.51. The first-order chi connectivity index (χ1) is 19.3. The minimum absolute atomic E-state index is 0.0347. The van der Waals surface area contributed by atoms with E-state index >= 15 is 0 Å². The highest BCUT2D eigenvalue weighted by Gasteiger charge is 2.63. The Morgan fingerprint density at radius 1 is 1.10 bits per heavy atom. The van der Waals surface area contributed by atoms with E-state index in [2.05, 4.69) is 5.32 Å². The molecule has 2 aromatic carbocycles. The van der Waals surface area contributed by atoms with Crippen molar-refractivity contribution in [3.8, 4) is 5.75 Å². The maximum atomic E-state index is 14.1. The molecular formula is C30H34N4O7. The number of nitrogens with one attached hydrogen (secondary N) is 1. The molecule has 0 saturated heterocycles. The quantitative estimate of drug-likeness (QED) is 0.225. The molecule has 0 saturated carbocycles. The Morgan fingerprint density at radius 2 is 1.76 bits per heavy atom. The first-order valence-electron chi connectivity index (χ1n) is 13.3. The van der Waals surface area contributed by atoms with E-state index < -0.39 is 58.0 Å². The molecule has 216 valence electrons. The summed E-state index contributed by atoms with van der Waals surface area (Å²) in [6.45, 7) is 0.373. The second-order valence-corrected chi connectivity index (χ2v) is 11.3. The molecule has 0 spiro atoms. The van der Waals surface area contributed by atoms with Crippen LogP contribution in [-0.2, 0) is 22.6 Å². The molecule has 5 rings (SSSR count). The van der Waals surface area contributed by atoms with E-state index in [1.54, 1.807) is 20.2 Å². The summed E-state index contributed by atoms with van der Waals surface area (Å²) < 4.78 is 0. The van der Waals surface area contributed by atoms with Crippen LogP contribution in [0.4, 0.5) is 11.4 Å². The van der Waals surface area contributed by atoms with E-state index in [1.807, 2.05) is 49.3 Å². The van der Waals surface area contributed by atoms with Gasteiger partial charge in [-0.15, -0.1) is 0 Å². The zero-order valence-electron chi connectivity index (χ0n) is 23.3. The van der Waals surface area contributed by atoms with Crippen molar-refractivity contribution < 1.29 is 34.8 Å². The number of phenolic OH excluding ortho intramolecular Hbond substituents is 1. The smallest absolute Gasteiger partial charge is 0.255 e. The predicted octanol–water partition coefficient (Wildman–Crippen LogP) is 1.80. The molecule has 0 radical (unpaired) electrons. The van der Waals surface area contributed by atoms with Crippen LogP contribution in [0.5, 0.6) is 5.75 Å². The highest BCUT2D eigenvalue weighted by atomic mass is 16.3. The summed E-state index contributed by atoms with van der Waals surface area (Å²) in [7, 11) is 6.83. The molecular weight excluding hydrogens is 528 g/mol. The molecule has 3 aliphatic rings. The van der Waals surface area contributed by atoms with Gasteiger partial charge >= 0.3 is 0 Å². The zero-order chi connectivity index (χ0) is 30.0. The SMILES string of the molecule is CN(C)c1cc(NCc2ccccc2)c(O)c2c1C[C@@H]1C[C@@H]3C(N(C)C)C(O)=C(C(N)=O)C(=O)[C@]3(O)C(O)=C1C2=O. The van der Waals surface area contributed by atoms with Gasteiger partial charge in [0, 0.05) is 37.8 Å². The Hall–Kier alpha value is -4.35. The lowest BCUT2D eigenvalue weighted by Crippen LogP contribution is -2.63. The van der Waals surface area contributed by atoms with Gasteiger partial charge < -0.3 is 36.4 Å². The van der Waals surface area contributed by atoms with E-state index in [-0.39, 0.29) is 29.7 Å². The number of anilines is 2. The Labute approximate surface area is 237 Å². The number of nitrogens with two attached hydrogens (primary N) is 1. The van der Waals surface area contributed by atoms with E-state index in [0.717, 1.165) is 5.56 Å². The molecule has 0 bridgehead atoms. The maximum Gasteiger partial charge on any atom is 0.255 e. The number of amides is 1. The van der Waals surface area contributed by atoms with Gasteiger partial charge in [0.1, 0.15) is 22.8 Å². The summed E-state index contributed by atoms with van der Waals surface area (Å²) in [5, 5.41) is 48.7. The van der Waals surface area contributed by atoms with Crippen molar-refractivity contribution in [2.45, 2.75) is 31.0 Å². The largest absolute Gasteiger partial charge is 0.510 e. The number of benzene rings is 2. The van der Waals surface area contributed by atoms with Gasteiger partial charge in [0.05, 0.1) is 17.3 Å². The van der Waals surface area contributed by atoms with Crippen LogP contribution in [0.25, 0.3) is 0 Å². The number of nitrogens with zero attached hydrogens (tertiary/aromatic N) is 2. The van der Waals surface area contributed by atoms with E-state index in [9.17, 15) is 34.8 Å². The molecule has 0 fully saturated rings. The summed E-state index contributed by atoms with van der Waals surface area (Å²) >= 11 is 0. The number of aliphatic hydroxyl groups excluding tert-OH is 2. The maximum absolute atomic E-state index is 14.1. The van der Waals surface area contributed by atoms with E-state index in [1.165, 1.54) is 4.90 Å². The van der Waals surface area contributed by atoms with Crippen LogP contribution in [0.1, 0.15) is 27.9 Å². The van der Waals surface area contributed by atoms with Gasteiger partial charge in [0.2, 0.25) is 5.78 Å². The third-order valence-electron chi connectivity index (χ3n) is 8.51. The number of primary amides is 1. The summed E-state index contributed by atoms with van der Waals surface area (Å²) in [5.74, 6) is -6.74. The molecule has 1 amide bonds. The average Bonchev–Trinajstić information content (AvgIpc) is 2.90. The molecule has 4 atom stereocenters. The van der Waals surface area contributed by atoms with Gasteiger partial charge in [0.25, 0.3) is 5.91 Å². The Morgan fingerprint density at radius 3 is 2.34 bits per heavy atom. The molecule has 3 aliphatic carbocycles. The molecule has 7 N–H and O–H groups in total. The van der Waals surface area contributed by atoms with Gasteiger partial charge in [-0.1, -0.05) is 30.3 Å². The number of fused-ring (bicyclic) bond motifs is 3. The highest BCUT2D eigenvalue weighted by molar-refractivity contribution is 6.25. The third kappa shape index (κ3) is 4.15. The molecule has 11 nitrogen and oxygen atoms in total. The number of rotatable bonds is 6. The van der Waals surface area contributed by atoms with Crippen molar-refractivity contribution in [3.63, 3.8) is 0 Å².